The van der Waals surface area contributed by atoms with E-state index in [1.807, 2.05) is 19.1 Å². The lowest BCUT2D eigenvalue weighted by atomic mass is 10.0. The van der Waals surface area contributed by atoms with Crippen LogP contribution in [0.4, 0.5) is 0 Å². The molecule has 0 saturated heterocycles. The molecule has 4 nitrogen and oxygen atoms in total. The van der Waals surface area contributed by atoms with Crippen molar-refractivity contribution < 1.29 is 19.3 Å². The molecule has 1 aliphatic heterocycles. The van der Waals surface area contributed by atoms with Crippen LogP contribution in [0.2, 0.25) is 0 Å². The van der Waals surface area contributed by atoms with Crippen LogP contribution in [0, 0.1) is 0 Å². The molecule has 1 N–H and O–H groups in total. The summed E-state index contributed by atoms with van der Waals surface area (Å²) in [5, 5.41) is 10.3. The molecule has 0 aliphatic carbocycles. The Morgan fingerprint density at radius 3 is 2.89 bits per heavy atom. The summed E-state index contributed by atoms with van der Waals surface area (Å²) in [5.41, 5.74) is 1.95. The Kier molecular flexibility index (Phi) is 4.66. The van der Waals surface area contributed by atoms with E-state index in [4.69, 9.17) is 14.2 Å². The van der Waals surface area contributed by atoms with E-state index in [-0.39, 0.29) is 6.10 Å². The molecule has 19 heavy (non-hydrogen) atoms. The lowest BCUT2D eigenvalue weighted by molar-refractivity contribution is 0.133. The number of hydrogen-bond acceptors (Lipinski definition) is 4. The van der Waals surface area contributed by atoms with Gasteiger partial charge < -0.3 is 19.3 Å². The largest absolute Gasteiger partial charge is 0.496 e. The fourth-order valence-corrected chi connectivity index (χ4v) is 2.47. The van der Waals surface area contributed by atoms with Crippen LogP contribution in [-0.2, 0) is 11.2 Å². The summed E-state index contributed by atoms with van der Waals surface area (Å²) in [5.74, 6) is 1.61. The third-order valence-corrected chi connectivity index (χ3v) is 3.43. The van der Waals surface area contributed by atoms with Gasteiger partial charge in [0.1, 0.15) is 17.6 Å². The molecule has 1 aliphatic rings. The molecule has 0 saturated carbocycles. The normalized spacial score (nSPS) is 18.8. The van der Waals surface area contributed by atoms with Crippen LogP contribution in [0.15, 0.2) is 12.1 Å². The first-order valence-corrected chi connectivity index (χ1v) is 6.70. The van der Waals surface area contributed by atoms with E-state index in [0.29, 0.717) is 13.0 Å². The lowest BCUT2D eigenvalue weighted by Gasteiger charge is -2.16. The number of fused-ring (bicyclic) bond motifs is 1. The van der Waals surface area contributed by atoms with E-state index in [9.17, 15) is 5.11 Å². The minimum Gasteiger partial charge on any atom is -0.496 e. The SMILES string of the molecule is COCCCC(O)c1cc2c(cc1OC)CC(C)O2. The van der Waals surface area contributed by atoms with Crippen LogP contribution >= 0.6 is 0 Å². The molecule has 0 amide bonds. The van der Waals surface area contributed by atoms with E-state index in [1.165, 1.54) is 0 Å². The minimum absolute atomic E-state index is 0.195. The molecule has 0 bridgehead atoms. The molecule has 2 atom stereocenters. The Balaban J connectivity index is 2.17. The number of hydrogen-bond donors (Lipinski definition) is 1. The summed E-state index contributed by atoms with van der Waals surface area (Å²) in [6.45, 7) is 2.69. The molecular formula is C15H22O4. The quantitative estimate of drug-likeness (QED) is 0.804. The van der Waals surface area contributed by atoms with E-state index in [0.717, 1.165) is 35.5 Å². The average molecular weight is 266 g/mol. The van der Waals surface area contributed by atoms with Gasteiger partial charge >= 0.3 is 0 Å². The van der Waals surface area contributed by atoms with E-state index in [1.54, 1.807) is 14.2 Å². The zero-order chi connectivity index (χ0) is 13.8. The van der Waals surface area contributed by atoms with Gasteiger partial charge in [-0.15, -0.1) is 0 Å². The topological polar surface area (TPSA) is 47.9 Å². The van der Waals surface area contributed by atoms with Crippen molar-refractivity contribution in [1.82, 2.24) is 0 Å². The van der Waals surface area contributed by atoms with Crippen molar-refractivity contribution in [1.29, 1.82) is 0 Å². The minimum atomic E-state index is -0.546. The highest BCUT2D eigenvalue weighted by Gasteiger charge is 2.23. The first-order chi connectivity index (χ1) is 9.15. The summed E-state index contributed by atoms with van der Waals surface area (Å²) < 4.78 is 16.1. The van der Waals surface area contributed by atoms with Crippen molar-refractivity contribution >= 4 is 0 Å². The second kappa shape index (κ2) is 6.26. The van der Waals surface area contributed by atoms with Crippen LogP contribution in [0.1, 0.15) is 37.0 Å². The monoisotopic (exact) mass is 266 g/mol. The Labute approximate surface area is 114 Å². The number of methoxy groups -OCH3 is 2. The fraction of sp³-hybridized carbons (Fsp3) is 0.600. The molecule has 4 heteroatoms. The second-order valence-corrected chi connectivity index (χ2v) is 4.99. The van der Waals surface area contributed by atoms with Crippen LogP contribution in [0.25, 0.3) is 0 Å². The maximum Gasteiger partial charge on any atom is 0.125 e. The van der Waals surface area contributed by atoms with Gasteiger partial charge in [-0.1, -0.05) is 0 Å². The van der Waals surface area contributed by atoms with E-state index >= 15 is 0 Å². The lowest BCUT2D eigenvalue weighted by Crippen LogP contribution is -2.05. The van der Waals surface area contributed by atoms with Crippen LogP contribution < -0.4 is 9.47 Å². The summed E-state index contributed by atoms with van der Waals surface area (Å²) in [6.07, 6.45) is 2.01. The average Bonchev–Trinajstić information content (AvgIpc) is 2.76. The van der Waals surface area contributed by atoms with Crippen molar-refractivity contribution in [2.75, 3.05) is 20.8 Å². The summed E-state index contributed by atoms with van der Waals surface area (Å²) in [7, 11) is 3.30. The van der Waals surface area contributed by atoms with Crippen molar-refractivity contribution in [2.24, 2.45) is 0 Å². The Morgan fingerprint density at radius 1 is 1.42 bits per heavy atom. The standard InChI is InChI=1S/C15H22O4/c1-10-7-11-8-15(18-3)12(9-14(11)19-10)13(16)5-4-6-17-2/h8-10,13,16H,4-7H2,1-3H3. The van der Waals surface area contributed by atoms with Crippen LogP contribution in [-0.4, -0.2) is 32.0 Å². The summed E-state index contributed by atoms with van der Waals surface area (Å²) in [6, 6.07) is 3.89. The molecular weight excluding hydrogens is 244 g/mol. The van der Waals surface area contributed by atoms with E-state index < -0.39 is 6.10 Å². The molecule has 0 spiro atoms. The number of aliphatic hydroxyl groups excluding tert-OH is 1. The number of benzene rings is 1. The molecule has 1 heterocycles. The summed E-state index contributed by atoms with van der Waals surface area (Å²) in [4.78, 5) is 0. The maximum atomic E-state index is 10.3. The fourth-order valence-electron chi connectivity index (χ4n) is 2.47. The van der Waals surface area contributed by atoms with Gasteiger partial charge in [0, 0.05) is 31.3 Å². The number of aliphatic hydroxyl groups is 1. The van der Waals surface area contributed by atoms with Gasteiger partial charge in [0.05, 0.1) is 13.2 Å². The Bertz CT molecular complexity index is 430. The van der Waals surface area contributed by atoms with Crippen molar-refractivity contribution in [3.63, 3.8) is 0 Å². The molecule has 0 radical (unpaired) electrons. The van der Waals surface area contributed by atoms with Gasteiger partial charge in [-0.25, -0.2) is 0 Å². The second-order valence-electron chi connectivity index (χ2n) is 4.99. The van der Waals surface area contributed by atoms with Gasteiger partial charge in [0.2, 0.25) is 0 Å². The third-order valence-electron chi connectivity index (χ3n) is 3.43. The van der Waals surface area contributed by atoms with Crippen LogP contribution in [0.5, 0.6) is 11.5 Å². The highest BCUT2D eigenvalue weighted by molar-refractivity contribution is 5.49. The first-order valence-electron chi connectivity index (χ1n) is 6.70. The number of ether oxygens (including phenoxy) is 3. The van der Waals surface area contributed by atoms with Gasteiger partial charge in [-0.3, -0.25) is 0 Å². The van der Waals surface area contributed by atoms with Crippen LogP contribution in [0.3, 0.4) is 0 Å². The maximum absolute atomic E-state index is 10.3. The molecule has 0 fully saturated rings. The van der Waals surface area contributed by atoms with Gasteiger partial charge in [0.15, 0.2) is 0 Å². The smallest absolute Gasteiger partial charge is 0.125 e. The first kappa shape index (κ1) is 14.2. The predicted molar refractivity (Wildman–Crippen MR) is 72.9 cm³/mol. The molecule has 1 aromatic carbocycles. The van der Waals surface area contributed by atoms with Crippen molar-refractivity contribution in [3.05, 3.63) is 23.3 Å². The molecule has 106 valence electrons. The molecule has 1 aromatic rings. The molecule has 2 unspecified atom stereocenters. The van der Waals surface area contributed by atoms with E-state index in [2.05, 4.69) is 0 Å². The zero-order valence-electron chi connectivity index (χ0n) is 11.8. The Hall–Kier alpha value is -1.26. The van der Waals surface area contributed by atoms with Gasteiger partial charge in [-0.2, -0.15) is 0 Å². The highest BCUT2D eigenvalue weighted by Crippen LogP contribution is 2.38. The third kappa shape index (κ3) is 3.19. The van der Waals surface area contributed by atoms with Gasteiger partial charge in [-0.05, 0) is 31.9 Å². The molecule has 0 aromatic heterocycles. The zero-order valence-corrected chi connectivity index (χ0v) is 11.8. The molecule has 2 rings (SSSR count). The summed E-state index contributed by atoms with van der Waals surface area (Å²) >= 11 is 0. The highest BCUT2D eigenvalue weighted by atomic mass is 16.5. The number of rotatable bonds is 6. The van der Waals surface area contributed by atoms with Crippen molar-refractivity contribution in [3.8, 4) is 11.5 Å². The predicted octanol–water partition coefficient (Wildman–Crippen LogP) is 2.48. The van der Waals surface area contributed by atoms with Crippen molar-refractivity contribution in [2.45, 2.75) is 38.4 Å². The Morgan fingerprint density at radius 2 is 2.21 bits per heavy atom. The van der Waals surface area contributed by atoms with Gasteiger partial charge in [0.25, 0.3) is 0 Å².